The van der Waals surface area contributed by atoms with E-state index in [2.05, 4.69) is 9.97 Å². The Morgan fingerprint density at radius 2 is 1.95 bits per heavy atom. The number of imide groups is 1. The highest BCUT2D eigenvalue weighted by Gasteiger charge is 2.35. The number of pyridine rings is 1. The summed E-state index contributed by atoms with van der Waals surface area (Å²) in [5, 5.41) is 1.76. The van der Waals surface area contributed by atoms with Crippen LogP contribution in [0.3, 0.4) is 0 Å². The molecule has 2 rings (SSSR count). The van der Waals surface area contributed by atoms with Crippen LogP contribution in [-0.4, -0.2) is 21.8 Å². The van der Waals surface area contributed by atoms with Crippen molar-refractivity contribution < 1.29 is 27.2 Å². The minimum absolute atomic E-state index is 0.324. The number of carbonyl (C=O) groups excluding carboxylic acids is 2. The molecular formula is C12H8F3N3O3. The molecule has 0 fully saturated rings. The largest absolute Gasteiger partial charge is 0.438 e. The average molecular weight is 299 g/mol. The Bertz CT molecular complexity index is 694. The Hall–Kier alpha value is -2.71. The van der Waals surface area contributed by atoms with Crippen molar-refractivity contribution in [2.45, 2.75) is 13.1 Å². The van der Waals surface area contributed by atoms with Crippen LogP contribution in [0.1, 0.15) is 32.4 Å². The summed E-state index contributed by atoms with van der Waals surface area (Å²) >= 11 is 0. The number of hydrogen-bond donors (Lipinski definition) is 1. The molecule has 9 heteroatoms. The van der Waals surface area contributed by atoms with E-state index in [1.54, 1.807) is 5.32 Å². The summed E-state index contributed by atoms with van der Waals surface area (Å²) in [6.45, 7) is 1.52. The first-order valence-electron chi connectivity index (χ1n) is 5.58. The summed E-state index contributed by atoms with van der Waals surface area (Å²) in [6, 6.07) is 0.647. The molecule has 0 saturated carbocycles. The van der Waals surface area contributed by atoms with Crippen LogP contribution in [0.5, 0.6) is 0 Å². The highest BCUT2D eigenvalue weighted by molar-refractivity contribution is 6.09. The highest BCUT2D eigenvalue weighted by atomic mass is 19.4. The molecule has 0 radical (unpaired) electrons. The van der Waals surface area contributed by atoms with Crippen LogP contribution in [0.25, 0.3) is 0 Å². The number of alkyl halides is 3. The van der Waals surface area contributed by atoms with Crippen molar-refractivity contribution in [2.75, 3.05) is 0 Å². The first kappa shape index (κ1) is 14.7. The molecule has 0 spiro atoms. The molecule has 0 unspecified atom stereocenters. The van der Waals surface area contributed by atoms with Crippen molar-refractivity contribution in [2.24, 2.45) is 0 Å². The third-order valence-corrected chi connectivity index (χ3v) is 2.41. The first-order chi connectivity index (χ1) is 9.79. The number of nitrogens with zero attached hydrogens (tertiary/aromatic N) is 2. The van der Waals surface area contributed by atoms with Gasteiger partial charge in [0.05, 0.1) is 17.3 Å². The quantitative estimate of drug-likeness (QED) is 0.857. The van der Waals surface area contributed by atoms with Gasteiger partial charge in [0, 0.05) is 12.4 Å². The van der Waals surface area contributed by atoms with Gasteiger partial charge >= 0.3 is 12.1 Å². The second kappa shape index (κ2) is 5.35. The molecule has 2 aromatic heterocycles. The third kappa shape index (κ3) is 3.25. The molecule has 0 aliphatic carbocycles. The van der Waals surface area contributed by atoms with Gasteiger partial charge in [0.1, 0.15) is 5.76 Å². The number of rotatable bonds is 2. The van der Waals surface area contributed by atoms with Crippen molar-refractivity contribution in [3.8, 4) is 0 Å². The van der Waals surface area contributed by atoms with E-state index < -0.39 is 35.0 Å². The standard InChI is InChI=1S/C12H8F3N3O3/c1-6-4-17-11(21-6)10(20)18-9(19)7-5-16-3-2-8(7)12(13,14)15/h2-5H,1H3,(H,18,19,20). The smallest absolute Gasteiger partial charge is 0.417 e. The highest BCUT2D eigenvalue weighted by Crippen LogP contribution is 2.31. The lowest BCUT2D eigenvalue weighted by molar-refractivity contribution is -0.138. The molecule has 0 aliphatic heterocycles. The zero-order valence-corrected chi connectivity index (χ0v) is 10.6. The molecule has 2 amide bonds. The molecule has 2 aromatic rings. The van der Waals surface area contributed by atoms with Gasteiger partial charge < -0.3 is 4.42 Å². The summed E-state index contributed by atoms with van der Waals surface area (Å²) in [5.74, 6) is -2.37. The van der Waals surface area contributed by atoms with Crippen molar-refractivity contribution in [1.82, 2.24) is 15.3 Å². The Kier molecular flexibility index (Phi) is 3.74. The van der Waals surface area contributed by atoms with Gasteiger partial charge in [-0.15, -0.1) is 0 Å². The minimum Gasteiger partial charge on any atom is -0.438 e. The van der Waals surface area contributed by atoms with Crippen LogP contribution in [0.4, 0.5) is 13.2 Å². The van der Waals surface area contributed by atoms with Crippen molar-refractivity contribution in [3.05, 3.63) is 47.4 Å². The zero-order chi connectivity index (χ0) is 15.6. The fraction of sp³-hybridized carbons (Fsp3) is 0.167. The molecule has 0 saturated heterocycles. The lowest BCUT2D eigenvalue weighted by atomic mass is 10.1. The number of carbonyl (C=O) groups is 2. The maximum Gasteiger partial charge on any atom is 0.417 e. The van der Waals surface area contributed by atoms with Gasteiger partial charge in [-0.2, -0.15) is 13.2 Å². The van der Waals surface area contributed by atoms with Crippen LogP contribution >= 0.6 is 0 Å². The number of nitrogens with one attached hydrogen (secondary N) is 1. The van der Waals surface area contributed by atoms with Crippen LogP contribution in [0.2, 0.25) is 0 Å². The van der Waals surface area contributed by atoms with Gasteiger partial charge in [0.25, 0.3) is 11.8 Å². The van der Waals surface area contributed by atoms with Crippen LogP contribution in [-0.2, 0) is 6.18 Å². The SMILES string of the molecule is Cc1cnc(C(=O)NC(=O)c2cnccc2C(F)(F)F)o1. The van der Waals surface area contributed by atoms with E-state index in [0.29, 0.717) is 11.8 Å². The number of aromatic nitrogens is 2. The maximum atomic E-state index is 12.7. The van der Waals surface area contributed by atoms with E-state index in [1.165, 1.54) is 13.1 Å². The van der Waals surface area contributed by atoms with Crippen LogP contribution in [0.15, 0.2) is 29.1 Å². The molecule has 110 valence electrons. The molecule has 0 atom stereocenters. The number of halogens is 3. The van der Waals surface area contributed by atoms with Gasteiger partial charge in [-0.1, -0.05) is 0 Å². The van der Waals surface area contributed by atoms with E-state index in [4.69, 9.17) is 4.42 Å². The van der Waals surface area contributed by atoms with E-state index >= 15 is 0 Å². The second-order valence-electron chi connectivity index (χ2n) is 3.98. The Morgan fingerprint density at radius 1 is 1.24 bits per heavy atom. The van der Waals surface area contributed by atoms with Gasteiger partial charge in [-0.3, -0.25) is 19.9 Å². The molecule has 0 aromatic carbocycles. The summed E-state index contributed by atoms with van der Waals surface area (Å²) in [5.41, 5.74) is -1.95. The normalized spacial score (nSPS) is 11.2. The van der Waals surface area contributed by atoms with Crippen molar-refractivity contribution in [1.29, 1.82) is 0 Å². The lowest BCUT2D eigenvalue weighted by Gasteiger charge is -2.10. The number of oxazole rings is 1. The summed E-state index contributed by atoms with van der Waals surface area (Å²) in [4.78, 5) is 30.4. The second-order valence-corrected chi connectivity index (χ2v) is 3.98. The average Bonchev–Trinajstić information content (AvgIpc) is 2.84. The Morgan fingerprint density at radius 3 is 2.52 bits per heavy atom. The van der Waals surface area contributed by atoms with E-state index in [-0.39, 0.29) is 0 Å². The third-order valence-electron chi connectivity index (χ3n) is 2.41. The van der Waals surface area contributed by atoms with Crippen LogP contribution < -0.4 is 5.32 Å². The van der Waals surface area contributed by atoms with E-state index in [9.17, 15) is 22.8 Å². The van der Waals surface area contributed by atoms with Crippen LogP contribution in [0, 0.1) is 6.92 Å². The number of amides is 2. The summed E-state index contributed by atoms with van der Waals surface area (Å²) < 4.78 is 43.1. The molecule has 0 bridgehead atoms. The fourth-order valence-corrected chi connectivity index (χ4v) is 1.51. The van der Waals surface area contributed by atoms with E-state index in [0.717, 1.165) is 12.4 Å². The lowest BCUT2D eigenvalue weighted by Crippen LogP contribution is -2.32. The Labute approximate surface area is 116 Å². The molecule has 21 heavy (non-hydrogen) atoms. The van der Waals surface area contributed by atoms with Gasteiger partial charge in [0.15, 0.2) is 0 Å². The maximum absolute atomic E-state index is 12.7. The number of hydrogen-bond acceptors (Lipinski definition) is 5. The summed E-state index contributed by atoms with van der Waals surface area (Å²) in [6.07, 6.45) is -1.87. The number of aryl methyl sites for hydroxylation is 1. The zero-order valence-electron chi connectivity index (χ0n) is 10.6. The predicted molar refractivity (Wildman–Crippen MR) is 62.3 cm³/mol. The van der Waals surface area contributed by atoms with Gasteiger partial charge in [-0.25, -0.2) is 4.98 Å². The van der Waals surface area contributed by atoms with E-state index in [1.807, 2.05) is 0 Å². The van der Waals surface area contributed by atoms with Gasteiger partial charge in [-0.05, 0) is 13.0 Å². The molecule has 1 N–H and O–H groups in total. The molecular weight excluding hydrogens is 291 g/mol. The molecule has 6 nitrogen and oxygen atoms in total. The minimum atomic E-state index is -4.74. The topological polar surface area (TPSA) is 85.1 Å². The summed E-state index contributed by atoms with van der Waals surface area (Å²) in [7, 11) is 0. The monoisotopic (exact) mass is 299 g/mol. The molecule has 0 aliphatic rings. The van der Waals surface area contributed by atoms with Crippen molar-refractivity contribution in [3.63, 3.8) is 0 Å². The Balaban J connectivity index is 2.24. The first-order valence-corrected chi connectivity index (χ1v) is 5.58. The van der Waals surface area contributed by atoms with Gasteiger partial charge in [0.2, 0.25) is 0 Å². The predicted octanol–water partition coefficient (Wildman–Crippen LogP) is 1.97. The fourth-order valence-electron chi connectivity index (χ4n) is 1.51. The van der Waals surface area contributed by atoms with Crippen molar-refractivity contribution >= 4 is 11.8 Å². The molecule has 2 heterocycles.